The van der Waals surface area contributed by atoms with Crippen LogP contribution >= 0.6 is 0 Å². The molecule has 1 saturated heterocycles. The van der Waals surface area contributed by atoms with Crippen molar-refractivity contribution in [3.63, 3.8) is 0 Å². The number of hydrogen-bond donors (Lipinski definition) is 0. The molecule has 0 spiro atoms. The number of likely N-dealkylation sites (tertiary alicyclic amines) is 1. The third-order valence-corrected chi connectivity index (χ3v) is 3.91. The van der Waals surface area contributed by atoms with Gasteiger partial charge in [0.05, 0.1) is 6.07 Å². The minimum absolute atomic E-state index is 0.150. The molecule has 0 aromatic carbocycles. The molecule has 1 unspecified atom stereocenters. The molecule has 1 heterocycles. The van der Waals surface area contributed by atoms with E-state index in [1.807, 2.05) is 4.90 Å². The fraction of sp³-hybridized carbons (Fsp3) is 0.846. The lowest BCUT2D eigenvalue weighted by molar-refractivity contribution is -0.134. The van der Waals surface area contributed by atoms with Gasteiger partial charge in [0.2, 0.25) is 5.91 Å². The number of carbonyl (C=O) groups excluding carboxylic acids is 1. The SMILES string of the molecule is N#CC1CCCCN1C(=O)CC1CCCC1. The van der Waals surface area contributed by atoms with E-state index in [4.69, 9.17) is 5.26 Å². The van der Waals surface area contributed by atoms with Gasteiger partial charge in [-0.25, -0.2) is 0 Å². The standard InChI is InChI=1S/C13H20N2O/c14-10-12-7-3-4-8-15(12)13(16)9-11-5-1-2-6-11/h11-12H,1-9H2. The molecule has 88 valence electrons. The first-order valence-electron chi connectivity index (χ1n) is 6.50. The van der Waals surface area contributed by atoms with E-state index < -0.39 is 0 Å². The Balaban J connectivity index is 1.89. The zero-order valence-electron chi connectivity index (χ0n) is 9.82. The van der Waals surface area contributed by atoms with E-state index >= 15 is 0 Å². The summed E-state index contributed by atoms with van der Waals surface area (Å²) < 4.78 is 0. The number of piperidine rings is 1. The maximum Gasteiger partial charge on any atom is 0.223 e. The van der Waals surface area contributed by atoms with E-state index in [0.29, 0.717) is 12.3 Å². The van der Waals surface area contributed by atoms with Crippen LogP contribution in [0, 0.1) is 17.2 Å². The average molecular weight is 220 g/mol. The summed E-state index contributed by atoms with van der Waals surface area (Å²) >= 11 is 0. The summed E-state index contributed by atoms with van der Waals surface area (Å²) in [6.45, 7) is 0.795. The van der Waals surface area contributed by atoms with Crippen LogP contribution in [0.25, 0.3) is 0 Å². The van der Waals surface area contributed by atoms with Gasteiger partial charge in [-0.3, -0.25) is 4.79 Å². The highest BCUT2D eigenvalue weighted by Gasteiger charge is 2.28. The van der Waals surface area contributed by atoms with Crippen LogP contribution in [-0.2, 0) is 4.79 Å². The summed E-state index contributed by atoms with van der Waals surface area (Å²) in [5, 5.41) is 9.03. The Morgan fingerprint density at radius 2 is 1.88 bits per heavy atom. The molecular formula is C13H20N2O. The van der Waals surface area contributed by atoms with Gasteiger partial charge >= 0.3 is 0 Å². The average Bonchev–Trinajstić information content (AvgIpc) is 2.81. The van der Waals surface area contributed by atoms with Gasteiger partial charge in [0.1, 0.15) is 6.04 Å². The molecule has 3 nitrogen and oxygen atoms in total. The van der Waals surface area contributed by atoms with Crippen LogP contribution in [0.2, 0.25) is 0 Å². The highest BCUT2D eigenvalue weighted by Crippen LogP contribution is 2.29. The molecule has 2 rings (SSSR count). The zero-order valence-corrected chi connectivity index (χ0v) is 9.82. The molecule has 1 aliphatic carbocycles. The molecule has 0 aromatic rings. The van der Waals surface area contributed by atoms with Crippen LogP contribution in [0.4, 0.5) is 0 Å². The van der Waals surface area contributed by atoms with Gasteiger partial charge in [-0.15, -0.1) is 0 Å². The number of carbonyl (C=O) groups is 1. The van der Waals surface area contributed by atoms with Gasteiger partial charge in [0, 0.05) is 13.0 Å². The molecular weight excluding hydrogens is 200 g/mol. The van der Waals surface area contributed by atoms with Crippen molar-refractivity contribution < 1.29 is 4.79 Å². The molecule has 2 fully saturated rings. The molecule has 0 aromatic heterocycles. The lowest BCUT2D eigenvalue weighted by Crippen LogP contribution is -2.43. The van der Waals surface area contributed by atoms with E-state index in [1.54, 1.807) is 0 Å². The molecule has 0 N–H and O–H groups in total. The fourth-order valence-corrected chi connectivity index (χ4v) is 2.94. The van der Waals surface area contributed by atoms with Crippen LogP contribution in [0.3, 0.4) is 0 Å². The molecule has 0 radical (unpaired) electrons. The quantitative estimate of drug-likeness (QED) is 0.717. The maximum atomic E-state index is 12.1. The van der Waals surface area contributed by atoms with Crippen molar-refractivity contribution in [3.8, 4) is 6.07 Å². The first kappa shape index (κ1) is 11.4. The van der Waals surface area contributed by atoms with Gasteiger partial charge in [-0.05, 0) is 38.0 Å². The molecule has 1 saturated carbocycles. The monoisotopic (exact) mass is 220 g/mol. The number of nitriles is 1. The Bertz CT molecular complexity index is 289. The Hall–Kier alpha value is -1.04. The van der Waals surface area contributed by atoms with Crippen molar-refractivity contribution in [1.29, 1.82) is 5.26 Å². The minimum Gasteiger partial charge on any atom is -0.327 e. The third kappa shape index (κ3) is 2.55. The summed E-state index contributed by atoms with van der Waals surface area (Å²) in [5.41, 5.74) is 0. The molecule has 1 atom stereocenters. The van der Waals surface area contributed by atoms with Gasteiger partial charge in [-0.2, -0.15) is 5.26 Å². The van der Waals surface area contributed by atoms with Gasteiger partial charge in [-0.1, -0.05) is 12.8 Å². The number of nitrogens with zero attached hydrogens (tertiary/aromatic N) is 2. The second-order valence-corrected chi connectivity index (χ2v) is 5.08. The Labute approximate surface area is 97.4 Å². The van der Waals surface area contributed by atoms with E-state index in [0.717, 1.165) is 25.8 Å². The minimum atomic E-state index is -0.150. The van der Waals surface area contributed by atoms with Crippen molar-refractivity contribution >= 4 is 5.91 Å². The van der Waals surface area contributed by atoms with Gasteiger partial charge < -0.3 is 4.90 Å². The van der Waals surface area contributed by atoms with Crippen LogP contribution in [0.1, 0.15) is 51.4 Å². The second-order valence-electron chi connectivity index (χ2n) is 5.08. The van der Waals surface area contributed by atoms with Crippen LogP contribution in [0.15, 0.2) is 0 Å². The predicted molar refractivity (Wildman–Crippen MR) is 61.5 cm³/mol. The number of hydrogen-bond acceptors (Lipinski definition) is 2. The lowest BCUT2D eigenvalue weighted by Gasteiger charge is -2.32. The van der Waals surface area contributed by atoms with E-state index in [1.165, 1.54) is 25.7 Å². The largest absolute Gasteiger partial charge is 0.327 e. The van der Waals surface area contributed by atoms with Crippen LogP contribution in [-0.4, -0.2) is 23.4 Å². The van der Waals surface area contributed by atoms with Crippen molar-refractivity contribution in [1.82, 2.24) is 4.90 Å². The maximum absolute atomic E-state index is 12.1. The first-order valence-corrected chi connectivity index (χ1v) is 6.50. The predicted octanol–water partition coefficient (Wildman–Crippen LogP) is 2.47. The second kappa shape index (κ2) is 5.34. The van der Waals surface area contributed by atoms with E-state index in [-0.39, 0.29) is 11.9 Å². The lowest BCUT2D eigenvalue weighted by atomic mass is 9.99. The summed E-state index contributed by atoms with van der Waals surface area (Å²) in [7, 11) is 0. The fourth-order valence-electron chi connectivity index (χ4n) is 2.94. The van der Waals surface area contributed by atoms with Crippen molar-refractivity contribution in [3.05, 3.63) is 0 Å². The first-order chi connectivity index (χ1) is 7.81. The summed E-state index contributed by atoms with van der Waals surface area (Å²) in [5.74, 6) is 0.812. The summed E-state index contributed by atoms with van der Waals surface area (Å²) in [6, 6.07) is 2.11. The Morgan fingerprint density at radius 3 is 2.56 bits per heavy atom. The topological polar surface area (TPSA) is 44.1 Å². The molecule has 3 heteroatoms. The van der Waals surface area contributed by atoms with Gasteiger partial charge in [0.25, 0.3) is 0 Å². The smallest absolute Gasteiger partial charge is 0.223 e. The highest BCUT2D eigenvalue weighted by atomic mass is 16.2. The van der Waals surface area contributed by atoms with E-state index in [9.17, 15) is 4.79 Å². The van der Waals surface area contributed by atoms with Crippen LogP contribution in [0.5, 0.6) is 0 Å². The number of amides is 1. The molecule has 0 bridgehead atoms. The summed E-state index contributed by atoms with van der Waals surface area (Å²) in [6.07, 6.45) is 8.66. The number of rotatable bonds is 2. The van der Waals surface area contributed by atoms with Crippen molar-refractivity contribution in [2.75, 3.05) is 6.54 Å². The molecule has 1 aliphatic heterocycles. The zero-order chi connectivity index (χ0) is 11.4. The summed E-state index contributed by atoms with van der Waals surface area (Å²) in [4.78, 5) is 13.9. The van der Waals surface area contributed by atoms with Crippen molar-refractivity contribution in [2.24, 2.45) is 5.92 Å². The molecule has 16 heavy (non-hydrogen) atoms. The normalized spacial score (nSPS) is 26.7. The molecule has 1 amide bonds. The van der Waals surface area contributed by atoms with Gasteiger partial charge in [0.15, 0.2) is 0 Å². The third-order valence-electron chi connectivity index (χ3n) is 3.91. The highest BCUT2D eigenvalue weighted by molar-refractivity contribution is 5.77. The van der Waals surface area contributed by atoms with E-state index in [2.05, 4.69) is 6.07 Å². The van der Waals surface area contributed by atoms with Crippen molar-refractivity contribution in [2.45, 2.75) is 57.4 Å². The van der Waals surface area contributed by atoms with Crippen LogP contribution < -0.4 is 0 Å². The Kier molecular flexibility index (Phi) is 3.82. The Morgan fingerprint density at radius 1 is 1.19 bits per heavy atom. The molecule has 2 aliphatic rings.